The first-order valence-electron chi connectivity index (χ1n) is 6.97. The predicted octanol–water partition coefficient (Wildman–Crippen LogP) is 4.40. The average molecular weight is 311 g/mol. The molecule has 3 nitrogen and oxygen atoms in total. The second kappa shape index (κ2) is 6.58. The number of rotatable bonds is 4. The molecule has 1 aromatic heterocycles. The van der Waals surface area contributed by atoms with Gasteiger partial charge in [0, 0.05) is 12.0 Å². The average Bonchev–Trinajstić information content (AvgIpc) is 2.58. The molecule has 0 bridgehead atoms. The number of halogens is 1. The van der Waals surface area contributed by atoms with Crippen molar-refractivity contribution in [3.63, 3.8) is 0 Å². The smallest absolute Gasteiger partial charge is 0.155 e. The van der Waals surface area contributed by atoms with Crippen LogP contribution < -0.4 is 4.74 Å². The van der Waals surface area contributed by atoms with Gasteiger partial charge < -0.3 is 4.74 Å². The summed E-state index contributed by atoms with van der Waals surface area (Å²) in [6.07, 6.45) is 0.707. The summed E-state index contributed by atoms with van der Waals surface area (Å²) >= 11 is 6.19. The summed E-state index contributed by atoms with van der Waals surface area (Å²) in [7, 11) is 1.66. The van der Waals surface area contributed by atoms with Crippen LogP contribution in [0.5, 0.6) is 5.75 Å². The fraction of sp³-hybridized carbons (Fsp3) is 0.111. The first-order chi connectivity index (χ1) is 10.8. The van der Waals surface area contributed by atoms with Crippen LogP contribution in [0.1, 0.15) is 11.1 Å². The van der Waals surface area contributed by atoms with Gasteiger partial charge in [-0.3, -0.25) is 0 Å². The maximum Gasteiger partial charge on any atom is 0.155 e. The first-order valence-corrected chi connectivity index (χ1v) is 7.34. The zero-order chi connectivity index (χ0) is 15.4. The van der Waals surface area contributed by atoms with Gasteiger partial charge in [-0.25, -0.2) is 0 Å². The lowest BCUT2D eigenvalue weighted by Gasteiger charge is -2.07. The predicted molar refractivity (Wildman–Crippen MR) is 88.3 cm³/mol. The summed E-state index contributed by atoms with van der Waals surface area (Å²) in [5.41, 5.74) is 3.96. The Kier molecular flexibility index (Phi) is 4.35. The van der Waals surface area contributed by atoms with Gasteiger partial charge in [-0.05, 0) is 29.3 Å². The van der Waals surface area contributed by atoms with Crippen molar-refractivity contribution in [3.8, 4) is 17.0 Å². The van der Waals surface area contributed by atoms with Crippen molar-refractivity contribution >= 4 is 11.6 Å². The number of hydrogen-bond donors (Lipinski definition) is 0. The minimum atomic E-state index is 0.440. The second-order valence-corrected chi connectivity index (χ2v) is 5.29. The highest BCUT2D eigenvalue weighted by Crippen LogP contribution is 2.23. The molecule has 22 heavy (non-hydrogen) atoms. The van der Waals surface area contributed by atoms with E-state index in [1.807, 2.05) is 60.7 Å². The van der Waals surface area contributed by atoms with Crippen LogP contribution in [0, 0.1) is 0 Å². The van der Waals surface area contributed by atoms with Crippen LogP contribution in [-0.4, -0.2) is 17.3 Å². The molecule has 0 saturated carbocycles. The van der Waals surface area contributed by atoms with Gasteiger partial charge in [0.25, 0.3) is 0 Å². The van der Waals surface area contributed by atoms with E-state index in [1.54, 1.807) is 7.11 Å². The van der Waals surface area contributed by atoms with E-state index in [0.717, 1.165) is 28.1 Å². The van der Waals surface area contributed by atoms with Crippen LogP contribution in [0.4, 0.5) is 0 Å². The van der Waals surface area contributed by atoms with Gasteiger partial charge in [0.15, 0.2) is 5.15 Å². The van der Waals surface area contributed by atoms with Gasteiger partial charge in [-0.1, -0.05) is 54.1 Å². The van der Waals surface area contributed by atoms with Crippen LogP contribution >= 0.6 is 11.6 Å². The van der Waals surface area contributed by atoms with Gasteiger partial charge >= 0.3 is 0 Å². The number of hydrogen-bond acceptors (Lipinski definition) is 3. The Balaban J connectivity index is 1.89. The van der Waals surface area contributed by atoms with E-state index >= 15 is 0 Å². The summed E-state index contributed by atoms with van der Waals surface area (Å²) in [4.78, 5) is 0. The molecule has 3 rings (SSSR count). The van der Waals surface area contributed by atoms with Crippen molar-refractivity contribution in [2.24, 2.45) is 0 Å². The molecular formula is C18H15ClN2O. The van der Waals surface area contributed by atoms with Crippen LogP contribution in [-0.2, 0) is 6.42 Å². The van der Waals surface area contributed by atoms with E-state index in [1.165, 1.54) is 0 Å². The molecule has 0 fully saturated rings. The van der Waals surface area contributed by atoms with Crippen LogP contribution in [0.15, 0.2) is 60.7 Å². The molecule has 110 valence electrons. The molecule has 4 heteroatoms. The van der Waals surface area contributed by atoms with E-state index in [0.29, 0.717) is 11.6 Å². The fourth-order valence-electron chi connectivity index (χ4n) is 2.25. The van der Waals surface area contributed by atoms with Gasteiger partial charge in [0.2, 0.25) is 0 Å². The third kappa shape index (κ3) is 3.26. The molecule has 0 aliphatic heterocycles. The van der Waals surface area contributed by atoms with Crippen molar-refractivity contribution in [2.45, 2.75) is 6.42 Å². The van der Waals surface area contributed by atoms with Gasteiger partial charge in [-0.15, -0.1) is 10.2 Å². The largest absolute Gasteiger partial charge is 0.497 e. The molecule has 2 aromatic carbocycles. The zero-order valence-corrected chi connectivity index (χ0v) is 12.9. The minimum absolute atomic E-state index is 0.440. The Morgan fingerprint density at radius 1 is 0.955 bits per heavy atom. The Bertz CT molecular complexity index is 758. The summed E-state index contributed by atoms with van der Waals surface area (Å²) in [5.74, 6) is 0.840. The Morgan fingerprint density at radius 2 is 1.68 bits per heavy atom. The number of ether oxygens (including phenoxy) is 1. The zero-order valence-electron chi connectivity index (χ0n) is 12.2. The topological polar surface area (TPSA) is 35.0 Å². The molecule has 0 aliphatic carbocycles. The molecule has 0 spiro atoms. The summed E-state index contributed by atoms with van der Waals surface area (Å²) in [6.45, 7) is 0. The number of benzene rings is 2. The quantitative estimate of drug-likeness (QED) is 0.716. The first kappa shape index (κ1) is 14.5. The molecule has 0 radical (unpaired) electrons. The molecule has 3 aromatic rings. The molecule has 0 atom stereocenters. The van der Waals surface area contributed by atoms with E-state index in [2.05, 4.69) is 10.2 Å². The highest BCUT2D eigenvalue weighted by Gasteiger charge is 2.08. The molecular weight excluding hydrogens is 296 g/mol. The van der Waals surface area contributed by atoms with Gasteiger partial charge in [0.05, 0.1) is 12.8 Å². The highest BCUT2D eigenvalue weighted by molar-refractivity contribution is 6.30. The molecule has 0 aliphatic rings. The van der Waals surface area contributed by atoms with Crippen LogP contribution in [0.2, 0.25) is 5.15 Å². The number of methoxy groups -OCH3 is 1. The van der Waals surface area contributed by atoms with Crippen molar-refractivity contribution in [3.05, 3.63) is 76.9 Å². The fourth-order valence-corrected chi connectivity index (χ4v) is 2.41. The van der Waals surface area contributed by atoms with Gasteiger partial charge in [0.1, 0.15) is 5.75 Å². The Hall–Kier alpha value is -2.39. The van der Waals surface area contributed by atoms with Crippen molar-refractivity contribution in [1.29, 1.82) is 0 Å². The van der Waals surface area contributed by atoms with Crippen LogP contribution in [0.25, 0.3) is 11.3 Å². The summed E-state index contributed by atoms with van der Waals surface area (Å²) < 4.78 is 5.17. The third-order valence-corrected chi connectivity index (χ3v) is 3.76. The van der Waals surface area contributed by atoms with Crippen molar-refractivity contribution < 1.29 is 4.74 Å². The summed E-state index contributed by atoms with van der Waals surface area (Å²) in [5, 5.41) is 8.69. The molecule has 0 unspecified atom stereocenters. The van der Waals surface area contributed by atoms with E-state index < -0.39 is 0 Å². The molecule has 1 heterocycles. The number of aromatic nitrogens is 2. The van der Waals surface area contributed by atoms with Crippen molar-refractivity contribution in [1.82, 2.24) is 10.2 Å². The highest BCUT2D eigenvalue weighted by atomic mass is 35.5. The lowest BCUT2D eigenvalue weighted by molar-refractivity contribution is 0.414. The minimum Gasteiger partial charge on any atom is -0.497 e. The summed E-state index contributed by atoms with van der Waals surface area (Å²) in [6, 6.07) is 19.9. The van der Waals surface area contributed by atoms with Crippen LogP contribution in [0.3, 0.4) is 0 Å². The second-order valence-electron chi connectivity index (χ2n) is 4.94. The molecule has 0 N–H and O–H groups in total. The van der Waals surface area contributed by atoms with E-state index in [9.17, 15) is 0 Å². The van der Waals surface area contributed by atoms with E-state index in [-0.39, 0.29) is 0 Å². The van der Waals surface area contributed by atoms with Crippen molar-refractivity contribution in [2.75, 3.05) is 7.11 Å². The standard InChI is InChI=1S/C18H15ClN2O/c1-22-16-9-7-13(8-10-16)11-15-12-17(20-21-18(15)19)14-5-3-2-4-6-14/h2-10,12H,11H2,1H3. The molecule has 0 amide bonds. The lowest BCUT2D eigenvalue weighted by atomic mass is 10.0. The van der Waals surface area contributed by atoms with Gasteiger partial charge in [-0.2, -0.15) is 0 Å². The Labute approximate surface area is 134 Å². The normalized spacial score (nSPS) is 10.5. The third-order valence-electron chi connectivity index (χ3n) is 3.44. The Morgan fingerprint density at radius 3 is 2.36 bits per heavy atom. The van der Waals surface area contributed by atoms with E-state index in [4.69, 9.17) is 16.3 Å². The number of nitrogens with zero attached hydrogens (tertiary/aromatic N) is 2. The molecule has 0 saturated heterocycles. The maximum atomic E-state index is 6.19. The lowest BCUT2D eigenvalue weighted by Crippen LogP contribution is -1.96. The SMILES string of the molecule is COc1ccc(Cc2cc(-c3ccccc3)nnc2Cl)cc1. The maximum absolute atomic E-state index is 6.19. The monoisotopic (exact) mass is 310 g/mol.